The first-order chi connectivity index (χ1) is 11.7. The number of hydrogen-bond donors (Lipinski definition) is 2. The molecule has 0 radical (unpaired) electrons. The molecule has 0 bridgehead atoms. The molecule has 3 rings (SSSR count). The van der Waals surface area contributed by atoms with E-state index in [2.05, 4.69) is 44.9 Å². The van der Waals surface area contributed by atoms with Crippen molar-refractivity contribution >= 4 is 28.2 Å². The average molecular weight is 361 g/mol. The van der Waals surface area contributed by atoms with E-state index in [1.54, 1.807) is 17.4 Å². The zero-order valence-electron chi connectivity index (χ0n) is 15.6. The van der Waals surface area contributed by atoms with Crippen LogP contribution >= 0.6 is 11.3 Å². The molecule has 1 aromatic heterocycles. The number of thiophene rings is 1. The summed E-state index contributed by atoms with van der Waals surface area (Å²) in [6, 6.07) is 0. The van der Waals surface area contributed by atoms with E-state index < -0.39 is 0 Å². The van der Waals surface area contributed by atoms with Crippen LogP contribution in [0, 0.1) is 16.7 Å². The summed E-state index contributed by atoms with van der Waals surface area (Å²) in [6.45, 7) is 12.6. The topological polar surface area (TPSA) is 58.2 Å². The van der Waals surface area contributed by atoms with Crippen molar-refractivity contribution in [3.8, 4) is 0 Å². The highest BCUT2D eigenvalue weighted by Crippen LogP contribution is 2.68. The first-order valence-electron chi connectivity index (χ1n) is 9.06. The van der Waals surface area contributed by atoms with Gasteiger partial charge in [0, 0.05) is 17.3 Å². The summed E-state index contributed by atoms with van der Waals surface area (Å²) in [6.07, 6.45) is 5.83. The van der Waals surface area contributed by atoms with Gasteiger partial charge in [0.15, 0.2) is 0 Å². The van der Waals surface area contributed by atoms with Crippen LogP contribution in [-0.4, -0.2) is 18.4 Å². The van der Waals surface area contributed by atoms with Crippen LogP contribution in [0.4, 0.5) is 5.00 Å². The molecule has 1 saturated carbocycles. The lowest BCUT2D eigenvalue weighted by atomic mass is 9.95. The zero-order chi connectivity index (χ0) is 18.4. The zero-order valence-corrected chi connectivity index (χ0v) is 16.4. The van der Waals surface area contributed by atoms with Crippen molar-refractivity contribution in [1.82, 2.24) is 5.32 Å². The maximum absolute atomic E-state index is 12.9. The van der Waals surface area contributed by atoms with E-state index in [0.29, 0.717) is 12.1 Å². The molecule has 1 aromatic rings. The van der Waals surface area contributed by atoms with E-state index in [1.165, 1.54) is 4.88 Å². The molecule has 0 atom stereocenters. The Morgan fingerprint density at radius 3 is 2.44 bits per heavy atom. The van der Waals surface area contributed by atoms with Crippen molar-refractivity contribution in [2.75, 3.05) is 11.9 Å². The maximum atomic E-state index is 12.9. The summed E-state index contributed by atoms with van der Waals surface area (Å²) in [5.41, 5.74) is 1.77. The third-order valence-corrected chi connectivity index (χ3v) is 7.53. The minimum Gasteiger partial charge on any atom is -0.348 e. The molecule has 5 heteroatoms. The second-order valence-electron chi connectivity index (χ2n) is 8.28. The van der Waals surface area contributed by atoms with Gasteiger partial charge in [-0.3, -0.25) is 9.59 Å². The molecule has 0 spiro atoms. The van der Waals surface area contributed by atoms with Gasteiger partial charge >= 0.3 is 0 Å². The third-order valence-electron chi connectivity index (χ3n) is 6.32. The Balaban J connectivity index is 1.88. The van der Waals surface area contributed by atoms with Gasteiger partial charge in [0.1, 0.15) is 5.00 Å². The second kappa shape index (κ2) is 6.27. The molecule has 25 heavy (non-hydrogen) atoms. The number of anilines is 1. The van der Waals surface area contributed by atoms with Gasteiger partial charge in [0.2, 0.25) is 5.91 Å². The molecule has 2 amide bonds. The molecule has 1 heterocycles. The number of amides is 2. The lowest BCUT2D eigenvalue weighted by Crippen LogP contribution is -2.26. The van der Waals surface area contributed by atoms with Gasteiger partial charge in [-0.1, -0.05) is 33.8 Å². The number of fused-ring (bicyclic) bond motifs is 1. The average Bonchev–Trinajstić information content (AvgIpc) is 2.81. The van der Waals surface area contributed by atoms with Crippen LogP contribution in [0.25, 0.3) is 0 Å². The molecule has 2 aliphatic rings. The fourth-order valence-electron chi connectivity index (χ4n) is 4.18. The lowest BCUT2D eigenvalue weighted by Gasteiger charge is -2.13. The number of nitrogens with one attached hydrogen (secondary N) is 2. The Morgan fingerprint density at radius 1 is 1.20 bits per heavy atom. The van der Waals surface area contributed by atoms with Gasteiger partial charge in [-0.2, -0.15) is 0 Å². The Hall–Kier alpha value is -1.62. The van der Waals surface area contributed by atoms with Crippen molar-refractivity contribution in [3.05, 3.63) is 28.7 Å². The standard InChI is InChI=1S/C20H28N2O2S/c1-6-11-21-16(23)14-12-9-7-8-10-13(12)25-18(14)22-17(24)15-19(2,3)20(15,4)5/h6,15H,1,7-11H2,2-5H3,(H,21,23)(H,22,24). The molecule has 1 fully saturated rings. The first kappa shape index (κ1) is 18.2. The Bertz CT molecular complexity index is 716. The van der Waals surface area contributed by atoms with Gasteiger partial charge < -0.3 is 10.6 Å². The quantitative estimate of drug-likeness (QED) is 0.775. The second-order valence-corrected chi connectivity index (χ2v) is 9.38. The fraction of sp³-hybridized carbons (Fsp3) is 0.600. The van der Waals surface area contributed by atoms with Crippen molar-refractivity contribution in [3.63, 3.8) is 0 Å². The van der Waals surface area contributed by atoms with Gasteiger partial charge in [0.05, 0.1) is 5.56 Å². The van der Waals surface area contributed by atoms with Crippen molar-refractivity contribution in [2.45, 2.75) is 53.4 Å². The Morgan fingerprint density at radius 2 is 1.84 bits per heavy atom. The van der Waals surface area contributed by atoms with Crippen LogP contribution in [0.1, 0.15) is 61.3 Å². The summed E-state index contributed by atoms with van der Waals surface area (Å²) in [4.78, 5) is 26.8. The number of carbonyl (C=O) groups is 2. The fourth-order valence-corrected chi connectivity index (χ4v) is 5.47. The molecule has 2 N–H and O–H groups in total. The summed E-state index contributed by atoms with van der Waals surface area (Å²) >= 11 is 1.58. The molecule has 0 unspecified atom stereocenters. The minimum absolute atomic E-state index is 0.0147. The van der Waals surface area contributed by atoms with Crippen LogP contribution in [0.15, 0.2) is 12.7 Å². The number of carbonyl (C=O) groups excluding carboxylic acids is 2. The Labute approximate surface area is 154 Å². The third kappa shape index (κ3) is 2.92. The summed E-state index contributed by atoms with van der Waals surface area (Å²) in [5.74, 6) is -0.0986. The maximum Gasteiger partial charge on any atom is 0.254 e. The molecule has 136 valence electrons. The number of aryl methyl sites for hydroxylation is 1. The Kier molecular flexibility index (Phi) is 4.56. The van der Waals surface area contributed by atoms with Gasteiger partial charge in [-0.05, 0) is 42.1 Å². The lowest BCUT2D eigenvalue weighted by molar-refractivity contribution is -0.118. The van der Waals surface area contributed by atoms with E-state index in [4.69, 9.17) is 0 Å². The highest BCUT2D eigenvalue weighted by atomic mass is 32.1. The van der Waals surface area contributed by atoms with Gasteiger partial charge in [-0.15, -0.1) is 17.9 Å². The predicted molar refractivity (Wildman–Crippen MR) is 103 cm³/mol. The number of hydrogen-bond acceptors (Lipinski definition) is 3. The minimum atomic E-state index is -0.107. The smallest absolute Gasteiger partial charge is 0.254 e. The van der Waals surface area contributed by atoms with Crippen molar-refractivity contribution in [2.24, 2.45) is 16.7 Å². The summed E-state index contributed by atoms with van der Waals surface area (Å²) < 4.78 is 0. The normalized spacial score (nSPS) is 20.5. The van der Waals surface area contributed by atoms with Gasteiger partial charge in [0.25, 0.3) is 5.91 Å². The van der Waals surface area contributed by atoms with E-state index in [1.807, 2.05) is 0 Å². The van der Waals surface area contributed by atoms with Crippen molar-refractivity contribution < 1.29 is 9.59 Å². The van der Waals surface area contributed by atoms with Crippen LogP contribution in [0.2, 0.25) is 0 Å². The molecule has 0 aliphatic heterocycles. The molecular formula is C20H28N2O2S. The van der Waals surface area contributed by atoms with Crippen LogP contribution in [0.3, 0.4) is 0 Å². The van der Waals surface area contributed by atoms with E-state index in [9.17, 15) is 9.59 Å². The van der Waals surface area contributed by atoms with E-state index >= 15 is 0 Å². The largest absolute Gasteiger partial charge is 0.348 e. The predicted octanol–water partition coefficient (Wildman–Crippen LogP) is 4.16. The van der Waals surface area contributed by atoms with Crippen LogP contribution in [-0.2, 0) is 17.6 Å². The molecule has 0 aromatic carbocycles. The first-order valence-corrected chi connectivity index (χ1v) is 9.88. The highest BCUT2D eigenvalue weighted by molar-refractivity contribution is 7.17. The van der Waals surface area contributed by atoms with Crippen LogP contribution < -0.4 is 10.6 Å². The molecular weight excluding hydrogens is 332 g/mol. The molecule has 2 aliphatic carbocycles. The summed E-state index contributed by atoms with van der Waals surface area (Å²) in [5, 5.41) is 6.68. The molecule has 0 saturated heterocycles. The van der Waals surface area contributed by atoms with Crippen LogP contribution in [0.5, 0.6) is 0 Å². The van der Waals surface area contributed by atoms with E-state index in [0.717, 1.165) is 36.2 Å². The van der Waals surface area contributed by atoms with E-state index in [-0.39, 0.29) is 28.6 Å². The number of rotatable bonds is 5. The highest BCUT2D eigenvalue weighted by Gasteiger charge is 2.68. The molecule has 4 nitrogen and oxygen atoms in total. The van der Waals surface area contributed by atoms with Crippen molar-refractivity contribution in [1.29, 1.82) is 0 Å². The monoisotopic (exact) mass is 360 g/mol. The summed E-state index contributed by atoms with van der Waals surface area (Å²) in [7, 11) is 0. The SMILES string of the molecule is C=CCNC(=O)c1c(NC(=O)C2C(C)(C)C2(C)C)sc2c1CCCC2. The van der Waals surface area contributed by atoms with Gasteiger partial charge in [-0.25, -0.2) is 0 Å².